The Balaban J connectivity index is 1.61. The van der Waals surface area contributed by atoms with Crippen molar-refractivity contribution in [2.75, 3.05) is 43.4 Å². The van der Waals surface area contributed by atoms with Gasteiger partial charge in [0, 0.05) is 32.6 Å². The number of rotatable bonds is 8. The highest BCUT2D eigenvalue weighted by molar-refractivity contribution is 5.75. The van der Waals surface area contributed by atoms with Crippen molar-refractivity contribution in [3.63, 3.8) is 0 Å². The van der Waals surface area contributed by atoms with Gasteiger partial charge in [-0.25, -0.2) is 9.97 Å². The highest BCUT2D eigenvalue weighted by Gasteiger charge is 2.28. The van der Waals surface area contributed by atoms with Gasteiger partial charge in [0.15, 0.2) is 11.6 Å². The van der Waals surface area contributed by atoms with E-state index in [1.165, 1.54) is 6.33 Å². The number of nitrogens with zero attached hydrogens (tertiary/aromatic N) is 4. The van der Waals surface area contributed by atoms with Crippen molar-refractivity contribution < 1.29 is 14.3 Å². The lowest BCUT2D eigenvalue weighted by Crippen LogP contribution is -2.48. The van der Waals surface area contributed by atoms with Crippen molar-refractivity contribution in [2.24, 2.45) is 11.7 Å². The number of aromatic nitrogens is 2. The fourth-order valence-corrected chi connectivity index (χ4v) is 3.74. The normalized spacial score (nSPS) is 19.5. The molecule has 30 heavy (non-hydrogen) atoms. The van der Waals surface area contributed by atoms with Gasteiger partial charge in [-0.2, -0.15) is 4.39 Å². The van der Waals surface area contributed by atoms with Crippen LogP contribution < -0.4 is 16.0 Å². The summed E-state index contributed by atoms with van der Waals surface area (Å²) in [7, 11) is 1.79. The predicted molar refractivity (Wildman–Crippen MR) is 114 cm³/mol. The Hall–Kier alpha value is -2.78. The number of aliphatic hydroxyl groups is 1. The molecule has 1 amide bonds. The Morgan fingerprint density at radius 1 is 1.40 bits per heavy atom. The molecule has 2 heterocycles. The van der Waals surface area contributed by atoms with E-state index in [1.807, 2.05) is 36.1 Å². The molecule has 2 atom stereocenters. The summed E-state index contributed by atoms with van der Waals surface area (Å²) in [5, 5.41) is 13.4. The third-order valence-electron chi connectivity index (χ3n) is 5.52. The van der Waals surface area contributed by atoms with Crippen LogP contribution in [0.3, 0.4) is 0 Å². The Morgan fingerprint density at radius 2 is 2.17 bits per heavy atom. The largest absolute Gasteiger partial charge is 0.391 e. The number of nitrogens with one attached hydrogen (secondary N) is 1. The van der Waals surface area contributed by atoms with Gasteiger partial charge in [-0.1, -0.05) is 24.3 Å². The van der Waals surface area contributed by atoms with Gasteiger partial charge in [-0.15, -0.1) is 0 Å². The minimum absolute atomic E-state index is 0.0726. The second-order valence-corrected chi connectivity index (χ2v) is 7.84. The molecule has 1 aliphatic rings. The summed E-state index contributed by atoms with van der Waals surface area (Å²) in [4.78, 5) is 22.8. The molecule has 0 bridgehead atoms. The molecular weight excluding hydrogens is 387 g/mol. The maximum Gasteiger partial charge on any atom is 0.231 e. The van der Waals surface area contributed by atoms with E-state index in [1.54, 1.807) is 11.9 Å². The summed E-state index contributed by atoms with van der Waals surface area (Å²) in [5.41, 5.74) is 7.44. The average Bonchev–Trinajstić information content (AvgIpc) is 2.69. The average molecular weight is 417 g/mol. The third-order valence-corrected chi connectivity index (χ3v) is 5.52. The summed E-state index contributed by atoms with van der Waals surface area (Å²) in [6, 6.07) is 7.96. The van der Waals surface area contributed by atoms with E-state index in [4.69, 9.17) is 5.73 Å². The Kier molecular flexibility index (Phi) is 7.17. The molecule has 0 saturated carbocycles. The van der Waals surface area contributed by atoms with Crippen LogP contribution in [0.4, 0.5) is 16.0 Å². The van der Waals surface area contributed by atoms with Gasteiger partial charge >= 0.3 is 0 Å². The fraction of sp³-hybridized carbons (Fsp3) is 0.476. The molecule has 8 nitrogen and oxygen atoms in total. The predicted octanol–water partition coefficient (Wildman–Crippen LogP) is 1.14. The fourth-order valence-electron chi connectivity index (χ4n) is 3.74. The van der Waals surface area contributed by atoms with Gasteiger partial charge < -0.3 is 21.1 Å². The van der Waals surface area contributed by atoms with Crippen molar-refractivity contribution in [2.45, 2.75) is 26.0 Å². The number of amides is 1. The Bertz CT molecular complexity index is 880. The first-order chi connectivity index (χ1) is 14.3. The molecule has 2 aromatic rings. The van der Waals surface area contributed by atoms with Crippen LogP contribution in [0.1, 0.15) is 17.5 Å². The lowest BCUT2D eigenvalue weighted by Gasteiger charge is -2.35. The molecule has 1 fully saturated rings. The van der Waals surface area contributed by atoms with E-state index in [-0.39, 0.29) is 24.1 Å². The molecule has 1 aromatic heterocycles. The molecule has 0 aliphatic carbocycles. The SMILES string of the molecule is Cc1ccccc1CN(C)c1ncnc(NC[C@H]2CCN(CC(N)=O)C[C@@H]2O)c1F. The maximum atomic E-state index is 15.0. The number of piperidine rings is 1. The first-order valence-corrected chi connectivity index (χ1v) is 10.0. The van der Waals surface area contributed by atoms with Crippen molar-refractivity contribution in [1.82, 2.24) is 14.9 Å². The van der Waals surface area contributed by atoms with E-state index < -0.39 is 17.8 Å². The number of hydrogen-bond acceptors (Lipinski definition) is 7. The number of carbonyl (C=O) groups is 1. The number of anilines is 2. The molecule has 9 heteroatoms. The number of carbonyl (C=O) groups excluding carboxylic acids is 1. The molecule has 0 radical (unpaired) electrons. The standard InChI is InChI=1S/C21H29FN6O2/c1-14-5-3-4-6-16(14)10-27(2)21-19(22)20(25-13-26-21)24-9-15-7-8-28(11-17(15)29)12-18(23)30/h3-6,13,15,17,29H,7-12H2,1-2H3,(H2,23,30)(H,24,25,26)/t15-,17+/m1/s1. The molecule has 0 spiro atoms. The highest BCUT2D eigenvalue weighted by Crippen LogP contribution is 2.24. The van der Waals surface area contributed by atoms with Crippen LogP contribution in [0.2, 0.25) is 0 Å². The van der Waals surface area contributed by atoms with Crippen LogP contribution in [0.25, 0.3) is 0 Å². The number of aliphatic hydroxyl groups excluding tert-OH is 1. The Labute approximate surface area is 175 Å². The van der Waals surface area contributed by atoms with E-state index in [0.717, 1.165) is 11.1 Å². The van der Waals surface area contributed by atoms with Crippen molar-refractivity contribution >= 4 is 17.5 Å². The number of primary amides is 1. The lowest BCUT2D eigenvalue weighted by atomic mass is 9.94. The van der Waals surface area contributed by atoms with Crippen LogP contribution >= 0.6 is 0 Å². The van der Waals surface area contributed by atoms with Gasteiger partial charge in [0.1, 0.15) is 6.33 Å². The first-order valence-electron chi connectivity index (χ1n) is 10.0. The summed E-state index contributed by atoms with van der Waals surface area (Å²) in [5.74, 6) is -0.675. The number of aryl methyl sites for hydroxylation is 1. The zero-order chi connectivity index (χ0) is 21.7. The van der Waals surface area contributed by atoms with Crippen LogP contribution in [0.15, 0.2) is 30.6 Å². The van der Waals surface area contributed by atoms with Crippen LogP contribution in [-0.2, 0) is 11.3 Å². The van der Waals surface area contributed by atoms with Crippen LogP contribution in [0.5, 0.6) is 0 Å². The molecule has 4 N–H and O–H groups in total. The van der Waals surface area contributed by atoms with Gasteiger partial charge in [0.05, 0.1) is 12.6 Å². The Morgan fingerprint density at radius 3 is 2.87 bits per heavy atom. The van der Waals surface area contributed by atoms with Crippen molar-refractivity contribution in [1.29, 1.82) is 0 Å². The first kappa shape index (κ1) is 21.9. The van der Waals surface area contributed by atoms with Crippen molar-refractivity contribution in [3.05, 3.63) is 47.5 Å². The number of β-amino-alcohol motifs (C(OH)–C–C–N with tert-alkyl or cyclic N) is 1. The third kappa shape index (κ3) is 5.43. The second kappa shape index (κ2) is 9.82. The van der Waals surface area contributed by atoms with Crippen molar-refractivity contribution in [3.8, 4) is 0 Å². The van der Waals surface area contributed by atoms with E-state index >= 15 is 4.39 Å². The molecule has 1 saturated heterocycles. The number of hydrogen-bond donors (Lipinski definition) is 3. The topological polar surface area (TPSA) is 108 Å². The minimum atomic E-state index is -0.626. The molecule has 0 unspecified atom stereocenters. The second-order valence-electron chi connectivity index (χ2n) is 7.84. The highest BCUT2D eigenvalue weighted by atomic mass is 19.1. The monoisotopic (exact) mass is 416 g/mol. The lowest BCUT2D eigenvalue weighted by molar-refractivity contribution is -0.120. The quantitative estimate of drug-likeness (QED) is 0.592. The van der Waals surface area contributed by atoms with E-state index in [2.05, 4.69) is 15.3 Å². The van der Waals surface area contributed by atoms with Crippen LogP contribution in [0, 0.1) is 18.7 Å². The summed E-state index contributed by atoms with van der Waals surface area (Å²) < 4.78 is 15.0. The van der Waals surface area contributed by atoms with Gasteiger partial charge in [0.2, 0.25) is 11.7 Å². The van der Waals surface area contributed by atoms with Gasteiger partial charge in [-0.3, -0.25) is 9.69 Å². The number of likely N-dealkylation sites (tertiary alicyclic amines) is 1. The number of halogens is 1. The van der Waals surface area contributed by atoms with Gasteiger partial charge in [-0.05, 0) is 31.0 Å². The number of nitrogens with two attached hydrogens (primary N) is 1. The summed E-state index contributed by atoms with van der Waals surface area (Å²) in [6.45, 7) is 4.08. The molecular formula is C21H29FN6O2. The maximum absolute atomic E-state index is 15.0. The summed E-state index contributed by atoms with van der Waals surface area (Å²) in [6.07, 6.45) is 1.38. The summed E-state index contributed by atoms with van der Waals surface area (Å²) >= 11 is 0. The zero-order valence-corrected chi connectivity index (χ0v) is 17.4. The zero-order valence-electron chi connectivity index (χ0n) is 17.4. The number of benzene rings is 1. The molecule has 3 rings (SSSR count). The molecule has 1 aliphatic heterocycles. The molecule has 1 aromatic carbocycles. The van der Waals surface area contributed by atoms with Crippen LogP contribution in [-0.4, -0.2) is 65.2 Å². The van der Waals surface area contributed by atoms with E-state index in [0.29, 0.717) is 32.6 Å². The minimum Gasteiger partial charge on any atom is -0.391 e. The van der Waals surface area contributed by atoms with Gasteiger partial charge in [0.25, 0.3) is 0 Å². The smallest absolute Gasteiger partial charge is 0.231 e. The molecule has 162 valence electrons. The van der Waals surface area contributed by atoms with E-state index in [9.17, 15) is 9.90 Å².